The second kappa shape index (κ2) is 9.72. The molecule has 0 saturated carbocycles. The Balaban J connectivity index is 0.00000261. The van der Waals surface area contributed by atoms with E-state index in [-0.39, 0.29) is 41.8 Å². The largest absolute Gasteiger partial charge is 0.469 e. The summed E-state index contributed by atoms with van der Waals surface area (Å²) in [6.45, 7) is 3.91. The van der Waals surface area contributed by atoms with Gasteiger partial charge in [-0.05, 0) is 18.1 Å². The first-order chi connectivity index (χ1) is 12.6. The van der Waals surface area contributed by atoms with Crippen molar-refractivity contribution in [3.8, 4) is 11.5 Å². The van der Waals surface area contributed by atoms with Gasteiger partial charge in [0.15, 0.2) is 5.96 Å². The van der Waals surface area contributed by atoms with Gasteiger partial charge in [0.25, 0.3) is 0 Å². The van der Waals surface area contributed by atoms with E-state index in [9.17, 15) is 4.79 Å². The lowest BCUT2D eigenvalue weighted by Crippen LogP contribution is -2.40. The van der Waals surface area contributed by atoms with Crippen LogP contribution in [0.1, 0.15) is 12.6 Å². The Bertz CT molecular complexity index is 778. The highest BCUT2D eigenvalue weighted by Crippen LogP contribution is 2.24. The summed E-state index contributed by atoms with van der Waals surface area (Å²) in [4.78, 5) is 22.8. The molecular formula is C19H25IN4O3. The van der Waals surface area contributed by atoms with Gasteiger partial charge in [-0.2, -0.15) is 0 Å². The van der Waals surface area contributed by atoms with Gasteiger partial charge in [0, 0.05) is 25.7 Å². The number of likely N-dealkylation sites (tertiary alicyclic amines) is 1. The molecule has 0 radical (unpaired) electrons. The van der Waals surface area contributed by atoms with Crippen molar-refractivity contribution in [2.45, 2.75) is 13.5 Å². The molecule has 1 N–H and O–H groups in total. The minimum atomic E-state index is -0.167. The van der Waals surface area contributed by atoms with Gasteiger partial charge in [0.05, 0.1) is 25.3 Å². The molecule has 0 aliphatic carbocycles. The van der Waals surface area contributed by atoms with Crippen LogP contribution in [0.5, 0.6) is 0 Å². The van der Waals surface area contributed by atoms with Gasteiger partial charge >= 0.3 is 5.97 Å². The zero-order valence-electron chi connectivity index (χ0n) is 15.7. The number of methoxy groups -OCH3 is 1. The van der Waals surface area contributed by atoms with Crippen molar-refractivity contribution in [3.05, 3.63) is 42.3 Å². The molecule has 2 unspecified atom stereocenters. The molecule has 7 nitrogen and oxygen atoms in total. The molecule has 1 aliphatic rings. The van der Waals surface area contributed by atoms with Crippen LogP contribution in [0.2, 0.25) is 0 Å². The number of benzene rings is 1. The van der Waals surface area contributed by atoms with Crippen LogP contribution < -0.4 is 5.32 Å². The Morgan fingerprint density at radius 3 is 2.78 bits per heavy atom. The summed E-state index contributed by atoms with van der Waals surface area (Å²) in [5, 5.41) is 3.29. The Kier molecular flexibility index (Phi) is 7.64. The second-order valence-electron chi connectivity index (χ2n) is 6.42. The summed E-state index contributed by atoms with van der Waals surface area (Å²) < 4.78 is 10.4. The molecule has 0 spiro atoms. The number of aliphatic imine (C=N–C) groups is 1. The van der Waals surface area contributed by atoms with Gasteiger partial charge < -0.3 is 19.4 Å². The van der Waals surface area contributed by atoms with Gasteiger partial charge in [0.1, 0.15) is 6.26 Å². The molecule has 27 heavy (non-hydrogen) atoms. The van der Waals surface area contributed by atoms with Crippen LogP contribution in [-0.4, -0.2) is 49.1 Å². The van der Waals surface area contributed by atoms with E-state index in [1.54, 1.807) is 13.3 Å². The fourth-order valence-electron chi connectivity index (χ4n) is 3.20. The highest BCUT2D eigenvalue weighted by Gasteiger charge is 2.36. The maximum absolute atomic E-state index is 11.9. The van der Waals surface area contributed by atoms with Crippen molar-refractivity contribution in [2.24, 2.45) is 16.8 Å². The number of aromatic nitrogens is 1. The molecule has 1 aromatic heterocycles. The average molecular weight is 484 g/mol. The molecule has 3 rings (SSSR count). The maximum Gasteiger partial charge on any atom is 0.310 e. The van der Waals surface area contributed by atoms with Gasteiger partial charge in [0.2, 0.25) is 5.89 Å². The summed E-state index contributed by atoms with van der Waals surface area (Å²) in [5.74, 6) is 1.26. The van der Waals surface area contributed by atoms with Gasteiger partial charge in [-0.25, -0.2) is 4.98 Å². The number of halogens is 1. The minimum Gasteiger partial charge on any atom is -0.469 e. The molecule has 1 aliphatic heterocycles. The Morgan fingerprint density at radius 2 is 2.11 bits per heavy atom. The predicted octanol–water partition coefficient (Wildman–Crippen LogP) is 2.78. The van der Waals surface area contributed by atoms with Gasteiger partial charge in [-0.1, -0.05) is 25.1 Å². The fourth-order valence-corrected chi connectivity index (χ4v) is 3.20. The number of carbonyl (C=O) groups excluding carboxylic acids is 1. The number of nitrogens with zero attached hydrogens (tertiary/aromatic N) is 3. The molecular weight excluding hydrogens is 459 g/mol. The Hall–Kier alpha value is -2.10. The molecule has 0 amide bonds. The van der Waals surface area contributed by atoms with E-state index in [4.69, 9.17) is 9.15 Å². The average Bonchev–Trinajstić information content (AvgIpc) is 3.29. The van der Waals surface area contributed by atoms with Crippen molar-refractivity contribution in [3.63, 3.8) is 0 Å². The third-order valence-corrected chi connectivity index (χ3v) is 4.63. The molecule has 0 bridgehead atoms. The van der Waals surface area contributed by atoms with Crippen LogP contribution in [0.15, 0.2) is 46.0 Å². The summed E-state index contributed by atoms with van der Waals surface area (Å²) in [6.07, 6.45) is 1.65. The molecule has 1 saturated heterocycles. The van der Waals surface area contributed by atoms with Crippen molar-refractivity contribution in [2.75, 3.05) is 27.2 Å². The first-order valence-electron chi connectivity index (χ1n) is 8.65. The second-order valence-corrected chi connectivity index (χ2v) is 6.42. The van der Waals surface area contributed by atoms with Crippen LogP contribution in [0.3, 0.4) is 0 Å². The van der Waals surface area contributed by atoms with Crippen molar-refractivity contribution >= 4 is 35.9 Å². The highest BCUT2D eigenvalue weighted by atomic mass is 127. The van der Waals surface area contributed by atoms with Crippen LogP contribution in [0.4, 0.5) is 0 Å². The monoisotopic (exact) mass is 484 g/mol. The zero-order chi connectivity index (χ0) is 18.5. The smallest absolute Gasteiger partial charge is 0.310 e. The Morgan fingerprint density at radius 1 is 1.37 bits per heavy atom. The van der Waals surface area contributed by atoms with E-state index in [2.05, 4.69) is 27.1 Å². The lowest BCUT2D eigenvalue weighted by atomic mass is 9.99. The number of hydrogen-bond acceptors (Lipinski definition) is 5. The highest BCUT2D eigenvalue weighted by molar-refractivity contribution is 14.0. The first kappa shape index (κ1) is 21.2. The number of esters is 1. The number of nitrogens with one attached hydrogen (secondary N) is 1. The van der Waals surface area contributed by atoms with Crippen molar-refractivity contribution in [1.82, 2.24) is 15.2 Å². The lowest BCUT2D eigenvalue weighted by molar-refractivity contribution is -0.145. The predicted molar refractivity (Wildman–Crippen MR) is 114 cm³/mol. The van der Waals surface area contributed by atoms with Crippen LogP contribution in [-0.2, 0) is 16.1 Å². The lowest BCUT2D eigenvalue weighted by Gasteiger charge is -2.21. The fraction of sp³-hybridized carbons (Fsp3) is 0.421. The normalized spacial score (nSPS) is 19.5. The third kappa shape index (κ3) is 5.00. The summed E-state index contributed by atoms with van der Waals surface area (Å²) in [7, 11) is 3.16. The summed E-state index contributed by atoms with van der Waals surface area (Å²) in [6, 6.07) is 9.77. The minimum absolute atomic E-state index is 0. The van der Waals surface area contributed by atoms with Crippen molar-refractivity contribution in [1.29, 1.82) is 0 Å². The quantitative estimate of drug-likeness (QED) is 0.311. The SMILES string of the molecule is CN=C(NCc1coc(-c2ccccc2)n1)N1CC(C)C(C(=O)OC)C1.I. The molecule has 8 heteroatoms. The standard InChI is InChI=1S/C19H24N4O3.HI/c1-13-10-23(11-16(13)18(24)25-3)19(20-2)21-9-15-12-26-17(22-15)14-7-5-4-6-8-14;/h4-8,12-13,16H,9-11H2,1-3H3,(H,20,21);1H. The summed E-state index contributed by atoms with van der Waals surface area (Å²) in [5.41, 5.74) is 1.74. The van der Waals surface area contributed by atoms with E-state index in [0.29, 0.717) is 19.0 Å². The van der Waals surface area contributed by atoms with Crippen LogP contribution >= 0.6 is 24.0 Å². The van der Waals surface area contributed by atoms with Crippen LogP contribution in [0, 0.1) is 11.8 Å². The van der Waals surface area contributed by atoms with E-state index in [1.807, 2.05) is 30.3 Å². The molecule has 2 heterocycles. The topological polar surface area (TPSA) is 80.0 Å². The molecule has 1 fully saturated rings. The van der Waals surface area contributed by atoms with E-state index in [0.717, 1.165) is 23.8 Å². The molecule has 2 aromatic rings. The number of rotatable bonds is 4. The van der Waals surface area contributed by atoms with Gasteiger partial charge in [-0.15, -0.1) is 24.0 Å². The van der Waals surface area contributed by atoms with Crippen LogP contribution in [0.25, 0.3) is 11.5 Å². The number of oxazole rings is 1. The number of carbonyl (C=O) groups is 1. The van der Waals surface area contributed by atoms with E-state index >= 15 is 0 Å². The maximum atomic E-state index is 11.9. The van der Waals surface area contributed by atoms with Crippen molar-refractivity contribution < 1.29 is 13.9 Å². The zero-order valence-corrected chi connectivity index (χ0v) is 18.0. The third-order valence-electron chi connectivity index (χ3n) is 4.63. The number of hydrogen-bond donors (Lipinski definition) is 1. The van der Waals surface area contributed by atoms with E-state index in [1.165, 1.54) is 7.11 Å². The molecule has 2 atom stereocenters. The number of ether oxygens (including phenoxy) is 1. The van der Waals surface area contributed by atoms with E-state index < -0.39 is 0 Å². The Labute approximate surface area is 176 Å². The number of guanidine groups is 1. The molecule has 146 valence electrons. The van der Waals surface area contributed by atoms with Gasteiger partial charge in [-0.3, -0.25) is 9.79 Å². The molecule has 1 aromatic carbocycles. The summed E-state index contributed by atoms with van der Waals surface area (Å²) >= 11 is 0. The first-order valence-corrected chi connectivity index (χ1v) is 8.65.